The molecule has 1 aromatic carbocycles. The molecule has 6 nitrogen and oxygen atoms in total. The SMILES string of the molecule is COC[C@@H](C)NC(=O)[C@H](C)NS(=O)(=O)c1ccc(Br)cc1. The van der Waals surface area contributed by atoms with Gasteiger partial charge in [0.1, 0.15) is 0 Å². The van der Waals surface area contributed by atoms with Crippen LogP contribution in [0.5, 0.6) is 0 Å². The summed E-state index contributed by atoms with van der Waals surface area (Å²) in [6, 6.07) is 5.11. The Balaban J connectivity index is 2.70. The van der Waals surface area contributed by atoms with Gasteiger partial charge in [-0.05, 0) is 38.1 Å². The molecular weight excluding hydrogens is 360 g/mol. The van der Waals surface area contributed by atoms with Crippen molar-refractivity contribution in [2.24, 2.45) is 0 Å². The molecule has 0 aromatic heterocycles. The van der Waals surface area contributed by atoms with Gasteiger partial charge in [-0.15, -0.1) is 0 Å². The summed E-state index contributed by atoms with van der Waals surface area (Å²) >= 11 is 3.24. The summed E-state index contributed by atoms with van der Waals surface area (Å²) in [5, 5.41) is 2.67. The molecule has 1 amide bonds. The molecule has 1 rings (SSSR count). The Bertz CT molecular complexity index is 574. The first-order valence-electron chi connectivity index (χ1n) is 6.33. The van der Waals surface area contributed by atoms with Crippen LogP contribution in [0.15, 0.2) is 33.6 Å². The van der Waals surface area contributed by atoms with E-state index in [0.717, 1.165) is 4.47 Å². The number of halogens is 1. The van der Waals surface area contributed by atoms with Gasteiger partial charge in [0.2, 0.25) is 15.9 Å². The van der Waals surface area contributed by atoms with Crippen molar-refractivity contribution >= 4 is 31.9 Å². The highest BCUT2D eigenvalue weighted by Crippen LogP contribution is 2.14. The molecule has 0 saturated carbocycles. The molecule has 0 spiro atoms. The molecular formula is C13H19BrN2O4S. The van der Waals surface area contributed by atoms with E-state index >= 15 is 0 Å². The molecule has 0 aliphatic carbocycles. The zero-order valence-corrected chi connectivity index (χ0v) is 14.5. The summed E-state index contributed by atoms with van der Waals surface area (Å²) in [5.74, 6) is -0.403. The molecule has 0 fully saturated rings. The number of ether oxygens (including phenoxy) is 1. The van der Waals surface area contributed by atoms with Crippen LogP contribution < -0.4 is 10.0 Å². The number of nitrogens with one attached hydrogen (secondary N) is 2. The zero-order chi connectivity index (χ0) is 16.0. The minimum absolute atomic E-state index is 0.107. The maximum Gasteiger partial charge on any atom is 0.241 e. The fraction of sp³-hybridized carbons (Fsp3) is 0.462. The molecule has 0 aliphatic heterocycles. The van der Waals surface area contributed by atoms with Crippen LogP contribution in [-0.2, 0) is 19.6 Å². The highest BCUT2D eigenvalue weighted by molar-refractivity contribution is 9.10. The van der Waals surface area contributed by atoms with E-state index in [-0.39, 0.29) is 10.9 Å². The third-order valence-electron chi connectivity index (χ3n) is 2.65. The summed E-state index contributed by atoms with van der Waals surface area (Å²) in [4.78, 5) is 12.0. The van der Waals surface area contributed by atoms with Gasteiger partial charge < -0.3 is 10.1 Å². The molecule has 0 aliphatic rings. The normalized spacial score (nSPS) is 14.5. The van der Waals surface area contributed by atoms with Crippen molar-refractivity contribution < 1.29 is 17.9 Å². The van der Waals surface area contributed by atoms with Crippen molar-refractivity contribution in [1.29, 1.82) is 0 Å². The number of carbonyl (C=O) groups is 1. The Kier molecular flexibility index (Phi) is 6.79. The molecule has 8 heteroatoms. The van der Waals surface area contributed by atoms with E-state index in [9.17, 15) is 13.2 Å². The molecule has 2 atom stereocenters. The van der Waals surface area contributed by atoms with E-state index in [2.05, 4.69) is 26.0 Å². The number of rotatable bonds is 7. The Morgan fingerprint density at radius 2 is 1.86 bits per heavy atom. The van der Waals surface area contributed by atoms with E-state index in [0.29, 0.717) is 6.61 Å². The molecule has 0 radical (unpaired) electrons. The number of amides is 1. The van der Waals surface area contributed by atoms with Gasteiger partial charge in [-0.2, -0.15) is 4.72 Å². The van der Waals surface area contributed by atoms with Crippen molar-refractivity contribution in [3.63, 3.8) is 0 Å². The number of sulfonamides is 1. The van der Waals surface area contributed by atoms with Crippen LogP contribution in [0, 0.1) is 0 Å². The average Bonchev–Trinajstić information content (AvgIpc) is 2.38. The second kappa shape index (κ2) is 7.88. The second-order valence-corrected chi connectivity index (χ2v) is 7.29. The van der Waals surface area contributed by atoms with E-state index < -0.39 is 22.0 Å². The highest BCUT2D eigenvalue weighted by atomic mass is 79.9. The molecule has 118 valence electrons. The molecule has 21 heavy (non-hydrogen) atoms. The first-order valence-corrected chi connectivity index (χ1v) is 8.61. The van der Waals surface area contributed by atoms with Crippen LogP contribution in [-0.4, -0.2) is 40.1 Å². The van der Waals surface area contributed by atoms with Crippen LogP contribution in [0.4, 0.5) is 0 Å². The van der Waals surface area contributed by atoms with Crippen molar-refractivity contribution in [3.8, 4) is 0 Å². The minimum atomic E-state index is -3.73. The Morgan fingerprint density at radius 1 is 1.29 bits per heavy atom. The third kappa shape index (κ3) is 5.74. The van der Waals surface area contributed by atoms with Gasteiger partial charge in [0.05, 0.1) is 17.5 Å². The summed E-state index contributed by atoms with van der Waals surface area (Å²) in [7, 11) is -2.20. The maximum atomic E-state index is 12.1. The summed E-state index contributed by atoms with van der Waals surface area (Å²) < 4.78 is 32.3. The third-order valence-corrected chi connectivity index (χ3v) is 4.74. The predicted molar refractivity (Wildman–Crippen MR) is 83.4 cm³/mol. The predicted octanol–water partition coefficient (Wildman–Crippen LogP) is 1.27. The number of methoxy groups -OCH3 is 1. The van der Waals surface area contributed by atoms with Gasteiger partial charge >= 0.3 is 0 Å². The van der Waals surface area contributed by atoms with Crippen molar-refractivity contribution in [3.05, 3.63) is 28.7 Å². The summed E-state index contributed by atoms with van der Waals surface area (Å²) in [6.07, 6.45) is 0. The summed E-state index contributed by atoms with van der Waals surface area (Å²) in [6.45, 7) is 3.63. The van der Waals surface area contributed by atoms with Crippen LogP contribution >= 0.6 is 15.9 Å². The minimum Gasteiger partial charge on any atom is -0.383 e. The Morgan fingerprint density at radius 3 is 2.38 bits per heavy atom. The largest absolute Gasteiger partial charge is 0.383 e. The van der Waals surface area contributed by atoms with Gasteiger partial charge in [0.15, 0.2) is 0 Å². The second-order valence-electron chi connectivity index (χ2n) is 4.66. The lowest BCUT2D eigenvalue weighted by atomic mass is 10.3. The van der Waals surface area contributed by atoms with Crippen molar-refractivity contribution in [2.75, 3.05) is 13.7 Å². The van der Waals surface area contributed by atoms with E-state index in [4.69, 9.17) is 4.74 Å². The zero-order valence-electron chi connectivity index (χ0n) is 12.1. The van der Waals surface area contributed by atoms with Gasteiger partial charge in [0, 0.05) is 17.6 Å². The van der Waals surface area contributed by atoms with Crippen LogP contribution in [0.25, 0.3) is 0 Å². The van der Waals surface area contributed by atoms with E-state index in [1.54, 1.807) is 19.1 Å². The van der Waals surface area contributed by atoms with Crippen LogP contribution in [0.3, 0.4) is 0 Å². The Labute approximate surface area is 133 Å². The molecule has 0 saturated heterocycles. The van der Waals surface area contributed by atoms with E-state index in [1.165, 1.54) is 26.2 Å². The number of hydrogen-bond donors (Lipinski definition) is 2. The topological polar surface area (TPSA) is 84.5 Å². The van der Waals surface area contributed by atoms with Gasteiger partial charge in [-0.1, -0.05) is 15.9 Å². The molecule has 0 heterocycles. The van der Waals surface area contributed by atoms with Crippen molar-refractivity contribution in [2.45, 2.75) is 30.8 Å². The summed E-state index contributed by atoms with van der Waals surface area (Å²) in [5.41, 5.74) is 0. The average molecular weight is 379 g/mol. The molecule has 0 unspecified atom stereocenters. The van der Waals surface area contributed by atoms with Crippen LogP contribution in [0.1, 0.15) is 13.8 Å². The fourth-order valence-electron chi connectivity index (χ4n) is 1.63. The number of benzene rings is 1. The first kappa shape index (κ1) is 18.1. The maximum absolute atomic E-state index is 12.1. The number of hydrogen-bond acceptors (Lipinski definition) is 4. The van der Waals surface area contributed by atoms with Gasteiger partial charge in [-0.25, -0.2) is 8.42 Å². The molecule has 0 bridgehead atoms. The molecule has 2 N–H and O–H groups in total. The monoisotopic (exact) mass is 378 g/mol. The highest BCUT2D eigenvalue weighted by Gasteiger charge is 2.22. The smallest absolute Gasteiger partial charge is 0.241 e. The van der Waals surface area contributed by atoms with E-state index in [1.807, 2.05) is 0 Å². The van der Waals surface area contributed by atoms with Crippen LogP contribution in [0.2, 0.25) is 0 Å². The van der Waals surface area contributed by atoms with Gasteiger partial charge in [0.25, 0.3) is 0 Å². The van der Waals surface area contributed by atoms with Crippen molar-refractivity contribution in [1.82, 2.24) is 10.0 Å². The number of carbonyl (C=O) groups excluding carboxylic acids is 1. The first-order chi connectivity index (χ1) is 9.76. The lowest BCUT2D eigenvalue weighted by Gasteiger charge is -2.18. The Hall–Kier alpha value is -0.960. The lowest BCUT2D eigenvalue weighted by molar-refractivity contribution is -0.123. The fourth-order valence-corrected chi connectivity index (χ4v) is 3.09. The quantitative estimate of drug-likeness (QED) is 0.747. The lowest BCUT2D eigenvalue weighted by Crippen LogP contribution is -2.48. The van der Waals surface area contributed by atoms with Gasteiger partial charge in [-0.3, -0.25) is 4.79 Å². The molecule has 1 aromatic rings. The standard InChI is InChI=1S/C13H19BrN2O4S/c1-9(8-20-3)15-13(17)10(2)16-21(18,19)12-6-4-11(14)5-7-12/h4-7,9-10,16H,8H2,1-3H3,(H,15,17)/t9-,10+/m1/s1.